The number of fused-ring (bicyclic) bond motifs is 1. The molecule has 8 heteroatoms. The minimum atomic E-state index is -3.09. The SMILES string of the molecule is CC(C)S(=O)(=O)C1CC(Oc2ncc(C(C)(C)N)c3cc(N)ncc23)C1. The second kappa shape index (κ2) is 6.35. The molecule has 2 heterocycles. The van der Waals surface area contributed by atoms with Crippen LogP contribution in [-0.4, -0.2) is 35.0 Å². The van der Waals surface area contributed by atoms with Gasteiger partial charge in [-0.1, -0.05) is 0 Å². The van der Waals surface area contributed by atoms with Gasteiger partial charge in [-0.3, -0.25) is 0 Å². The maximum absolute atomic E-state index is 12.2. The Labute approximate surface area is 154 Å². The highest BCUT2D eigenvalue weighted by Gasteiger charge is 2.41. The average Bonchev–Trinajstić information content (AvgIpc) is 2.48. The van der Waals surface area contributed by atoms with Crippen molar-refractivity contribution in [3.63, 3.8) is 0 Å². The quantitative estimate of drug-likeness (QED) is 0.817. The van der Waals surface area contributed by atoms with Gasteiger partial charge in [0.05, 0.1) is 15.9 Å². The topological polar surface area (TPSA) is 121 Å². The summed E-state index contributed by atoms with van der Waals surface area (Å²) in [7, 11) is -3.09. The smallest absolute Gasteiger partial charge is 0.223 e. The van der Waals surface area contributed by atoms with Crippen molar-refractivity contribution in [3.05, 3.63) is 24.0 Å². The van der Waals surface area contributed by atoms with Gasteiger partial charge < -0.3 is 16.2 Å². The van der Waals surface area contributed by atoms with E-state index >= 15 is 0 Å². The van der Waals surface area contributed by atoms with Gasteiger partial charge in [-0.2, -0.15) is 0 Å². The van der Waals surface area contributed by atoms with Crippen LogP contribution in [0.25, 0.3) is 10.8 Å². The van der Waals surface area contributed by atoms with Crippen molar-refractivity contribution >= 4 is 26.4 Å². The molecule has 1 saturated carbocycles. The molecule has 4 N–H and O–H groups in total. The number of ether oxygens (including phenoxy) is 1. The van der Waals surface area contributed by atoms with Crippen LogP contribution in [0, 0.1) is 0 Å². The fourth-order valence-corrected chi connectivity index (χ4v) is 4.89. The van der Waals surface area contributed by atoms with Crippen LogP contribution in [0.5, 0.6) is 5.88 Å². The molecule has 0 bridgehead atoms. The maximum atomic E-state index is 12.2. The number of nitrogen functional groups attached to an aromatic ring is 1. The molecule has 2 aromatic heterocycles. The monoisotopic (exact) mass is 378 g/mol. The number of pyridine rings is 2. The zero-order valence-corrected chi connectivity index (χ0v) is 16.4. The van der Waals surface area contributed by atoms with Gasteiger partial charge in [-0.25, -0.2) is 18.4 Å². The predicted octanol–water partition coefficient (Wildman–Crippen LogP) is 2.14. The first kappa shape index (κ1) is 18.8. The first-order chi connectivity index (χ1) is 12.0. The molecule has 0 amide bonds. The third-order valence-electron chi connectivity index (χ3n) is 4.90. The van der Waals surface area contributed by atoms with Gasteiger partial charge in [0.2, 0.25) is 5.88 Å². The zero-order valence-electron chi connectivity index (χ0n) is 15.6. The molecule has 0 radical (unpaired) electrons. The largest absolute Gasteiger partial charge is 0.474 e. The van der Waals surface area contributed by atoms with Crippen LogP contribution in [0.15, 0.2) is 18.5 Å². The molecule has 0 unspecified atom stereocenters. The van der Waals surface area contributed by atoms with Crippen LogP contribution >= 0.6 is 0 Å². The highest BCUT2D eigenvalue weighted by Crippen LogP contribution is 2.36. The Morgan fingerprint density at radius 3 is 2.42 bits per heavy atom. The van der Waals surface area contributed by atoms with Crippen molar-refractivity contribution in [2.75, 3.05) is 5.73 Å². The summed E-state index contributed by atoms with van der Waals surface area (Å²) >= 11 is 0. The standard InChI is InChI=1S/C18H26N4O3S/c1-10(2)26(23,24)12-5-11(6-12)25-17-14-8-21-16(19)7-13(14)15(9-22-17)18(3,4)20/h7-12H,5-6,20H2,1-4H3,(H2,19,21). The molecule has 1 aliphatic carbocycles. The summed E-state index contributed by atoms with van der Waals surface area (Å²) in [6.07, 6.45) is 4.12. The van der Waals surface area contributed by atoms with Gasteiger partial charge in [0, 0.05) is 30.8 Å². The molecule has 0 aromatic carbocycles. The van der Waals surface area contributed by atoms with Crippen molar-refractivity contribution in [2.45, 2.75) is 62.7 Å². The van der Waals surface area contributed by atoms with E-state index in [0.717, 1.165) is 16.3 Å². The maximum Gasteiger partial charge on any atom is 0.223 e. The Morgan fingerprint density at radius 1 is 1.19 bits per heavy atom. The van der Waals surface area contributed by atoms with Gasteiger partial charge in [-0.15, -0.1) is 0 Å². The van der Waals surface area contributed by atoms with E-state index in [1.165, 1.54) is 0 Å². The summed E-state index contributed by atoms with van der Waals surface area (Å²) in [6, 6.07) is 1.76. The van der Waals surface area contributed by atoms with E-state index in [-0.39, 0.29) is 16.6 Å². The van der Waals surface area contributed by atoms with Crippen LogP contribution in [0.3, 0.4) is 0 Å². The van der Waals surface area contributed by atoms with Crippen LogP contribution in [0.4, 0.5) is 5.82 Å². The normalized spacial score (nSPS) is 21.0. The molecular weight excluding hydrogens is 352 g/mol. The lowest BCUT2D eigenvalue weighted by Gasteiger charge is -2.35. The zero-order chi connectivity index (χ0) is 19.3. The summed E-state index contributed by atoms with van der Waals surface area (Å²) in [5.41, 5.74) is 12.3. The molecule has 1 aliphatic rings. The Morgan fingerprint density at radius 2 is 1.85 bits per heavy atom. The third-order valence-corrected chi connectivity index (χ3v) is 7.53. The molecule has 0 spiro atoms. The fraction of sp³-hybridized carbons (Fsp3) is 0.556. The first-order valence-corrected chi connectivity index (χ1v) is 10.3. The molecular formula is C18H26N4O3S. The molecule has 0 saturated heterocycles. The number of nitrogens with zero attached hydrogens (tertiary/aromatic N) is 2. The summed E-state index contributed by atoms with van der Waals surface area (Å²) in [5.74, 6) is 0.831. The molecule has 1 fully saturated rings. The lowest BCUT2D eigenvalue weighted by atomic mass is 9.92. The van der Waals surface area contributed by atoms with Crippen molar-refractivity contribution in [2.24, 2.45) is 5.73 Å². The van der Waals surface area contributed by atoms with Crippen LogP contribution in [0.2, 0.25) is 0 Å². The number of hydrogen-bond acceptors (Lipinski definition) is 7. The Bertz CT molecular complexity index is 929. The average molecular weight is 378 g/mol. The number of aromatic nitrogens is 2. The van der Waals surface area contributed by atoms with Gasteiger partial charge >= 0.3 is 0 Å². The van der Waals surface area contributed by atoms with Gasteiger partial charge in [0.15, 0.2) is 9.84 Å². The number of nitrogens with two attached hydrogens (primary N) is 2. The van der Waals surface area contributed by atoms with E-state index in [2.05, 4.69) is 9.97 Å². The van der Waals surface area contributed by atoms with Crippen molar-refractivity contribution in [1.82, 2.24) is 9.97 Å². The number of sulfone groups is 1. The second-order valence-electron chi connectivity index (χ2n) is 7.82. The van der Waals surface area contributed by atoms with Gasteiger partial charge in [0.25, 0.3) is 0 Å². The molecule has 26 heavy (non-hydrogen) atoms. The molecule has 3 rings (SSSR count). The number of rotatable bonds is 5. The molecule has 0 atom stereocenters. The van der Waals surface area contributed by atoms with Crippen LogP contribution < -0.4 is 16.2 Å². The number of hydrogen-bond donors (Lipinski definition) is 2. The summed E-state index contributed by atoms with van der Waals surface area (Å²) in [4.78, 5) is 8.56. The van der Waals surface area contributed by atoms with Crippen LogP contribution in [0.1, 0.15) is 46.1 Å². The van der Waals surface area contributed by atoms with E-state index < -0.39 is 15.4 Å². The highest BCUT2D eigenvalue weighted by molar-refractivity contribution is 7.92. The lowest BCUT2D eigenvalue weighted by molar-refractivity contribution is 0.119. The third kappa shape index (κ3) is 3.35. The van der Waals surface area contributed by atoms with E-state index in [1.54, 1.807) is 32.3 Å². The van der Waals surface area contributed by atoms with E-state index in [1.807, 2.05) is 13.8 Å². The summed E-state index contributed by atoms with van der Waals surface area (Å²) in [6.45, 7) is 7.21. The molecule has 2 aromatic rings. The van der Waals surface area contributed by atoms with Gasteiger partial charge in [-0.05, 0) is 44.7 Å². The predicted molar refractivity (Wildman–Crippen MR) is 103 cm³/mol. The van der Waals surface area contributed by atoms with E-state index in [4.69, 9.17) is 16.2 Å². The summed E-state index contributed by atoms with van der Waals surface area (Å²) in [5, 5.41) is 0.867. The highest BCUT2D eigenvalue weighted by atomic mass is 32.2. The molecule has 7 nitrogen and oxygen atoms in total. The van der Waals surface area contributed by atoms with Crippen molar-refractivity contribution in [3.8, 4) is 5.88 Å². The van der Waals surface area contributed by atoms with Crippen molar-refractivity contribution in [1.29, 1.82) is 0 Å². The number of anilines is 1. The Kier molecular flexibility index (Phi) is 4.60. The minimum absolute atomic E-state index is 0.168. The fourth-order valence-electron chi connectivity index (χ4n) is 3.16. The molecule has 142 valence electrons. The minimum Gasteiger partial charge on any atom is -0.474 e. The molecule has 0 aliphatic heterocycles. The Hall–Kier alpha value is -1.93. The van der Waals surface area contributed by atoms with E-state index in [0.29, 0.717) is 24.5 Å². The summed E-state index contributed by atoms with van der Waals surface area (Å²) < 4.78 is 30.4. The van der Waals surface area contributed by atoms with Crippen LogP contribution in [-0.2, 0) is 15.4 Å². The lowest BCUT2D eigenvalue weighted by Crippen LogP contribution is -2.45. The van der Waals surface area contributed by atoms with Crippen molar-refractivity contribution < 1.29 is 13.2 Å². The first-order valence-electron chi connectivity index (χ1n) is 8.73. The second-order valence-corrected chi connectivity index (χ2v) is 10.6. The van der Waals surface area contributed by atoms with E-state index in [9.17, 15) is 8.42 Å². The van der Waals surface area contributed by atoms with Gasteiger partial charge in [0.1, 0.15) is 11.9 Å². The Balaban J connectivity index is 1.87.